The zero-order valence-electron chi connectivity index (χ0n) is 16.4. The molecule has 1 saturated heterocycles. The van der Waals surface area contributed by atoms with Gasteiger partial charge < -0.3 is 35.5 Å². The Bertz CT molecular complexity index is 675. The van der Waals surface area contributed by atoms with Gasteiger partial charge in [0.05, 0.1) is 25.6 Å². The summed E-state index contributed by atoms with van der Waals surface area (Å²) >= 11 is 0. The summed E-state index contributed by atoms with van der Waals surface area (Å²) in [7, 11) is 0. The largest absolute Gasteiger partial charge is 0.481 e. The van der Waals surface area contributed by atoms with Crippen LogP contribution in [0.4, 0.5) is 5.69 Å². The van der Waals surface area contributed by atoms with E-state index in [2.05, 4.69) is 34.1 Å². The molecule has 0 bridgehead atoms. The van der Waals surface area contributed by atoms with Gasteiger partial charge in [-0.2, -0.15) is 0 Å². The van der Waals surface area contributed by atoms with Crippen molar-refractivity contribution in [3.05, 3.63) is 30.3 Å². The molecule has 1 fully saturated rings. The lowest BCUT2D eigenvalue weighted by atomic mass is 9.96. The first-order chi connectivity index (χ1) is 14.1. The molecule has 0 amide bonds. The molecule has 1 heterocycles. The van der Waals surface area contributed by atoms with Crippen molar-refractivity contribution in [1.82, 2.24) is 4.90 Å². The monoisotopic (exact) mass is 428 g/mol. The maximum absolute atomic E-state index is 10.3. The highest BCUT2D eigenvalue weighted by Crippen LogP contribution is 2.16. The van der Waals surface area contributed by atoms with Gasteiger partial charge in [0.1, 0.15) is 0 Å². The zero-order chi connectivity index (χ0) is 22.7. The first-order valence-electron chi connectivity index (χ1n) is 9.28. The zero-order valence-corrected chi connectivity index (χ0v) is 16.4. The average molecular weight is 428 g/mol. The summed E-state index contributed by atoms with van der Waals surface area (Å²) in [5, 5.41) is 52.0. The van der Waals surface area contributed by atoms with Gasteiger partial charge in [0, 0.05) is 38.4 Å². The van der Waals surface area contributed by atoms with Crippen LogP contribution in [0.3, 0.4) is 0 Å². The number of carbonyl (C=O) groups is 3. The third kappa shape index (κ3) is 8.74. The van der Waals surface area contributed by atoms with E-state index in [1.807, 2.05) is 6.07 Å². The summed E-state index contributed by atoms with van der Waals surface area (Å²) < 4.78 is 0. The minimum absolute atomic E-state index is 0.154. The highest BCUT2D eigenvalue weighted by Gasteiger charge is 2.40. The Morgan fingerprint density at radius 1 is 0.933 bits per heavy atom. The number of aliphatic carboxylic acids is 3. The molecule has 0 aromatic heterocycles. The number of aliphatic hydroxyl groups is 3. The van der Waals surface area contributed by atoms with E-state index < -0.39 is 42.5 Å². The second-order valence-electron chi connectivity index (χ2n) is 6.94. The minimum atomic E-state index is -2.74. The molecular weight excluding hydrogens is 400 g/mol. The number of anilines is 1. The molecule has 1 atom stereocenters. The van der Waals surface area contributed by atoms with E-state index in [9.17, 15) is 19.5 Å². The fourth-order valence-corrected chi connectivity index (χ4v) is 2.90. The molecule has 0 saturated carbocycles. The van der Waals surface area contributed by atoms with Crippen LogP contribution in [0.1, 0.15) is 12.8 Å². The van der Waals surface area contributed by atoms with Gasteiger partial charge in [0.15, 0.2) is 5.60 Å². The molecule has 1 aliphatic rings. The molecule has 2 rings (SSSR count). The number of piperazine rings is 1. The summed E-state index contributed by atoms with van der Waals surface area (Å²) in [6, 6.07) is 10.4. The third-order valence-electron chi connectivity index (χ3n) is 4.46. The van der Waals surface area contributed by atoms with E-state index in [0.29, 0.717) is 6.54 Å². The van der Waals surface area contributed by atoms with Crippen molar-refractivity contribution in [3.63, 3.8) is 0 Å². The molecule has 11 nitrogen and oxygen atoms in total. The van der Waals surface area contributed by atoms with E-state index in [-0.39, 0.29) is 6.61 Å². The van der Waals surface area contributed by atoms with E-state index in [1.165, 1.54) is 5.69 Å². The van der Waals surface area contributed by atoms with Gasteiger partial charge in [-0.05, 0) is 12.1 Å². The summed E-state index contributed by atoms with van der Waals surface area (Å²) in [6.45, 7) is 4.24. The Morgan fingerprint density at radius 2 is 1.43 bits per heavy atom. The van der Waals surface area contributed by atoms with Crippen LogP contribution in [0.5, 0.6) is 0 Å². The lowest BCUT2D eigenvalue weighted by molar-refractivity contribution is -0.170. The smallest absolute Gasteiger partial charge is 0.336 e. The summed E-state index contributed by atoms with van der Waals surface area (Å²) in [6.07, 6.45) is -2.90. The number of rotatable bonds is 9. The van der Waals surface area contributed by atoms with E-state index in [0.717, 1.165) is 26.2 Å². The summed E-state index contributed by atoms with van der Waals surface area (Å²) in [5.41, 5.74) is -1.48. The number of carboxylic acids is 3. The highest BCUT2D eigenvalue weighted by atomic mass is 16.4. The topological polar surface area (TPSA) is 179 Å². The molecule has 11 heteroatoms. The molecule has 0 aliphatic carbocycles. The van der Waals surface area contributed by atoms with Crippen molar-refractivity contribution >= 4 is 23.6 Å². The van der Waals surface area contributed by atoms with Crippen LogP contribution < -0.4 is 4.90 Å². The van der Waals surface area contributed by atoms with E-state index >= 15 is 0 Å². The number of β-amino-alcohol motifs (C(OH)–C–C–N with tert-alkyl or cyclic N) is 1. The van der Waals surface area contributed by atoms with Crippen LogP contribution in [0.25, 0.3) is 0 Å². The number of para-hydroxylation sites is 1. The predicted molar refractivity (Wildman–Crippen MR) is 105 cm³/mol. The van der Waals surface area contributed by atoms with Crippen LogP contribution in [0.2, 0.25) is 0 Å². The van der Waals surface area contributed by atoms with Crippen molar-refractivity contribution < 1.29 is 45.0 Å². The normalized spacial score (nSPS) is 15.6. The fourth-order valence-electron chi connectivity index (χ4n) is 2.90. The molecule has 1 aromatic carbocycles. The van der Waals surface area contributed by atoms with Crippen LogP contribution >= 0.6 is 0 Å². The Kier molecular flexibility index (Phi) is 10.2. The number of benzene rings is 1. The second kappa shape index (κ2) is 12.1. The van der Waals surface area contributed by atoms with Crippen LogP contribution in [0.15, 0.2) is 30.3 Å². The average Bonchev–Trinajstić information content (AvgIpc) is 2.68. The van der Waals surface area contributed by atoms with Gasteiger partial charge >= 0.3 is 17.9 Å². The quantitative estimate of drug-likeness (QED) is 0.281. The van der Waals surface area contributed by atoms with Gasteiger partial charge in [-0.1, -0.05) is 18.2 Å². The van der Waals surface area contributed by atoms with Crippen LogP contribution in [-0.2, 0) is 14.4 Å². The van der Waals surface area contributed by atoms with Crippen molar-refractivity contribution in [1.29, 1.82) is 0 Å². The Labute approximate surface area is 173 Å². The molecule has 30 heavy (non-hydrogen) atoms. The number of nitrogens with zero attached hydrogens (tertiary/aromatic N) is 2. The molecule has 1 unspecified atom stereocenters. The van der Waals surface area contributed by atoms with Crippen molar-refractivity contribution in [2.24, 2.45) is 0 Å². The molecule has 0 radical (unpaired) electrons. The van der Waals surface area contributed by atoms with Gasteiger partial charge in [-0.3, -0.25) is 14.5 Å². The minimum Gasteiger partial charge on any atom is -0.481 e. The SMILES string of the molecule is O=C(O)CC(O)(CC(=O)O)C(=O)O.OCC(O)CN1CCN(c2ccccc2)CC1. The lowest BCUT2D eigenvalue weighted by Crippen LogP contribution is -2.49. The first kappa shape index (κ1) is 25.3. The Morgan fingerprint density at radius 3 is 1.83 bits per heavy atom. The maximum atomic E-state index is 10.3. The molecule has 6 N–H and O–H groups in total. The molecule has 0 spiro atoms. The predicted octanol–water partition coefficient (Wildman–Crippen LogP) is -1.09. The van der Waals surface area contributed by atoms with Crippen LogP contribution in [-0.4, -0.2) is 104 Å². The van der Waals surface area contributed by atoms with Crippen molar-refractivity contribution in [2.45, 2.75) is 24.5 Å². The second-order valence-corrected chi connectivity index (χ2v) is 6.94. The molecule has 1 aliphatic heterocycles. The lowest BCUT2D eigenvalue weighted by Gasteiger charge is -2.36. The van der Waals surface area contributed by atoms with E-state index in [1.54, 1.807) is 0 Å². The molecule has 1 aromatic rings. The number of hydrogen-bond donors (Lipinski definition) is 6. The summed E-state index contributed by atoms with van der Waals surface area (Å²) in [4.78, 5) is 35.0. The first-order valence-corrected chi connectivity index (χ1v) is 9.28. The number of carboxylic acid groups (broad SMARTS) is 3. The number of hydrogen-bond acceptors (Lipinski definition) is 8. The van der Waals surface area contributed by atoms with Gasteiger partial charge in [0.2, 0.25) is 0 Å². The summed E-state index contributed by atoms with van der Waals surface area (Å²) in [5.74, 6) is -5.02. The van der Waals surface area contributed by atoms with Crippen molar-refractivity contribution in [2.75, 3.05) is 44.2 Å². The third-order valence-corrected chi connectivity index (χ3v) is 4.46. The van der Waals surface area contributed by atoms with Crippen LogP contribution in [0, 0.1) is 0 Å². The highest BCUT2D eigenvalue weighted by molar-refractivity contribution is 5.88. The Hall–Kier alpha value is -2.73. The van der Waals surface area contributed by atoms with E-state index in [4.69, 9.17) is 25.5 Å². The van der Waals surface area contributed by atoms with Gasteiger partial charge in [-0.25, -0.2) is 4.79 Å². The molecule has 168 valence electrons. The maximum Gasteiger partial charge on any atom is 0.336 e. The molecular formula is C19H28N2O9. The van der Waals surface area contributed by atoms with Crippen molar-refractivity contribution in [3.8, 4) is 0 Å². The van der Waals surface area contributed by atoms with Gasteiger partial charge in [0.25, 0.3) is 0 Å². The standard InChI is InChI=1S/C13H20N2O2.C6H8O7/c16-11-13(17)10-14-6-8-15(9-7-14)12-4-2-1-3-5-12;7-3(8)1-6(13,5(11)12)2-4(9)10/h1-5,13,16-17H,6-11H2;13H,1-2H2,(H,7,8)(H,9,10)(H,11,12). The number of aliphatic hydroxyl groups excluding tert-OH is 2. The fraction of sp³-hybridized carbons (Fsp3) is 0.526. The van der Waals surface area contributed by atoms with Gasteiger partial charge in [-0.15, -0.1) is 0 Å². The Balaban J connectivity index is 0.000000314.